The first-order valence-corrected chi connectivity index (χ1v) is 10.1. The molecule has 1 heterocycles. The predicted molar refractivity (Wildman–Crippen MR) is 115 cm³/mol. The highest BCUT2D eigenvalue weighted by Gasteiger charge is 2.29. The zero-order valence-electron chi connectivity index (χ0n) is 17.4. The number of benzene rings is 2. The number of carbonyl (C=O) groups is 2. The van der Waals surface area contributed by atoms with Crippen molar-refractivity contribution < 1.29 is 9.59 Å². The molecule has 154 valence electrons. The van der Waals surface area contributed by atoms with Gasteiger partial charge in [-0.1, -0.05) is 29.8 Å². The van der Waals surface area contributed by atoms with Crippen molar-refractivity contribution in [1.29, 1.82) is 0 Å². The summed E-state index contributed by atoms with van der Waals surface area (Å²) in [5, 5.41) is 14.6. The number of anilines is 1. The molecule has 7 heteroatoms. The van der Waals surface area contributed by atoms with Gasteiger partial charge in [-0.25, -0.2) is 0 Å². The Morgan fingerprint density at radius 3 is 2.60 bits per heavy atom. The summed E-state index contributed by atoms with van der Waals surface area (Å²) in [6.45, 7) is 6.14. The summed E-state index contributed by atoms with van der Waals surface area (Å²) in [4.78, 5) is 26.1. The highest BCUT2D eigenvalue weighted by molar-refractivity contribution is 5.94. The SMILES string of the molecule is Cc1ccc(-n2nc(C)c(C(=O)NCc3cccc(NC(=O)C4CC4)c3)n2)c(C)c1. The Bertz CT molecular complexity index is 1110. The highest BCUT2D eigenvalue weighted by atomic mass is 16.2. The third-order valence-corrected chi connectivity index (χ3v) is 5.16. The number of nitrogens with one attached hydrogen (secondary N) is 2. The fourth-order valence-electron chi connectivity index (χ4n) is 3.34. The molecule has 0 spiro atoms. The van der Waals surface area contributed by atoms with Gasteiger partial charge in [0.05, 0.1) is 11.4 Å². The monoisotopic (exact) mass is 403 g/mol. The Balaban J connectivity index is 1.43. The van der Waals surface area contributed by atoms with E-state index in [9.17, 15) is 9.59 Å². The average molecular weight is 403 g/mol. The lowest BCUT2D eigenvalue weighted by molar-refractivity contribution is -0.117. The van der Waals surface area contributed by atoms with Gasteiger partial charge in [-0.3, -0.25) is 9.59 Å². The summed E-state index contributed by atoms with van der Waals surface area (Å²) < 4.78 is 0. The van der Waals surface area contributed by atoms with Crippen molar-refractivity contribution in [1.82, 2.24) is 20.3 Å². The van der Waals surface area contributed by atoms with Crippen LogP contribution in [-0.2, 0) is 11.3 Å². The normalized spacial score (nSPS) is 13.2. The standard InChI is InChI=1S/C23H25N5O2/c1-14-7-10-20(15(2)11-14)28-26-16(3)21(27-28)23(30)24-13-17-5-4-6-19(12-17)25-22(29)18-8-9-18/h4-7,10-12,18H,8-9,13H2,1-3H3,(H,24,30)(H,25,29). The van der Waals surface area contributed by atoms with Crippen LogP contribution in [0.25, 0.3) is 5.69 Å². The largest absolute Gasteiger partial charge is 0.347 e. The van der Waals surface area contributed by atoms with Gasteiger partial charge in [-0.2, -0.15) is 9.90 Å². The zero-order chi connectivity index (χ0) is 21.3. The smallest absolute Gasteiger partial charge is 0.274 e. The van der Waals surface area contributed by atoms with Crippen LogP contribution in [0.3, 0.4) is 0 Å². The molecule has 0 unspecified atom stereocenters. The van der Waals surface area contributed by atoms with Gasteiger partial charge in [-0.15, -0.1) is 5.10 Å². The molecule has 30 heavy (non-hydrogen) atoms. The number of rotatable bonds is 6. The molecule has 1 saturated carbocycles. The van der Waals surface area contributed by atoms with Gasteiger partial charge < -0.3 is 10.6 Å². The number of nitrogens with zero attached hydrogens (tertiary/aromatic N) is 3. The Labute approximate surface area is 175 Å². The minimum atomic E-state index is -0.282. The van der Waals surface area contributed by atoms with E-state index < -0.39 is 0 Å². The molecule has 0 bridgehead atoms. The van der Waals surface area contributed by atoms with Gasteiger partial charge in [0.25, 0.3) is 5.91 Å². The minimum absolute atomic E-state index is 0.0647. The molecule has 1 aliphatic carbocycles. The number of hydrogen-bond acceptors (Lipinski definition) is 4. The number of aryl methyl sites for hydroxylation is 3. The second kappa shape index (κ2) is 8.10. The van der Waals surface area contributed by atoms with Crippen LogP contribution < -0.4 is 10.6 Å². The van der Waals surface area contributed by atoms with Crippen LogP contribution in [0.5, 0.6) is 0 Å². The lowest BCUT2D eigenvalue weighted by Crippen LogP contribution is -2.24. The van der Waals surface area contributed by atoms with Gasteiger partial charge >= 0.3 is 0 Å². The molecule has 2 aromatic carbocycles. The molecule has 1 aromatic heterocycles. The zero-order valence-corrected chi connectivity index (χ0v) is 17.4. The Morgan fingerprint density at radius 1 is 1.07 bits per heavy atom. The van der Waals surface area contributed by atoms with Crippen LogP contribution in [0.4, 0.5) is 5.69 Å². The average Bonchev–Trinajstić information content (AvgIpc) is 3.49. The topological polar surface area (TPSA) is 88.9 Å². The molecule has 1 fully saturated rings. The third-order valence-electron chi connectivity index (χ3n) is 5.16. The van der Waals surface area contributed by atoms with Gasteiger partial charge in [0.15, 0.2) is 5.69 Å². The molecule has 1 aliphatic rings. The Kier molecular flexibility index (Phi) is 5.35. The molecule has 0 saturated heterocycles. The Morgan fingerprint density at radius 2 is 1.87 bits per heavy atom. The van der Waals surface area contributed by atoms with E-state index >= 15 is 0 Å². The van der Waals surface area contributed by atoms with Crippen molar-refractivity contribution in [2.24, 2.45) is 5.92 Å². The summed E-state index contributed by atoms with van der Waals surface area (Å²) >= 11 is 0. The molecule has 2 amide bonds. The first-order chi connectivity index (χ1) is 14.4. The number of aromatic nitrogens is 3. The Hall–Kier alpha value is -3.48. The lowest BCUT2D eigenvalue weighted by Gasteiger charge is -2.08. The van der Waals surface area contributed by atoms with Crippen LogP contribution in [0.15, 0.2) is 42.5 Å². The van der Waals surface area contributed by atoms with Crippen LogP contribution in [0.2, 0.25) is 0 Å². The van der Waals surface area contributed by atoms with Crippen molar-refractivity contribution in [2.45, 2.75) is 40.2 Å². The van der Waals surface area contributed by atoms with Crippen LogP contribution in [0.1, 0.15) is 45.7 Å². The summed E-state index contributed by atoms with van der Waals surface area (Å²) in [7, 11) is 0. The number of hydrogen-bond donors (Lipinski definition) is 2. The quantitative estimate of drug-likeness (QED) is 0.660. The first kappa shape index (κ1) is 19.8. The van der Waals surface area contributed by atoms with Gasteiger partial charge in [0, 0.05) is 18.2 Å². The van der Waals surface area contributed by atoms with E-state index in [0.29, 0.717) is 17.9 Å². The van der Waals surface area contributed by atoms with E-state index in [0.717, 1.165) is 40.9 Å². The van der Waals surface area contributed by atoms with Crippen molar-refractivity contribution in [3.63, 3.8) is 0 Å². The van der Waals surface area contributed by atoms with Crippen LogP contribution in [0, 0.1) is 26.7 Å². The maximum atomic E-state index is 12.7. The molecule has 7 nitrogen and oxygen atoms in total. The molecule has 3 aromatic rings. The van der Waals surface area contributed by atoms with Gasteiger partial charge in [0.2, 0.25) is 5.91 Å². The van der Waals surface area contributed by atoms with E-state index in [1.807, 2.05) is 50.2 Å². The molecule has 4 rings (SSSR count). The maximum absolute atomic E-state index is 12.7. The third kappa shape index (κ3) is 4.40. The van der Waals surface area contributed by atoms with Crippen LogP contribution in [-0.4, -0.2) is 26.8 Å². The maximum Gasteiger partial charge on any atom is 0.274 e. The first-order valence-electron chi connectivity index (χ1n) is 10.1. The van der Waals surface area contributed by atoms with Crippen LogP contribution >= 0.6 is 0 Å². The fraction of sp³-hybridized carbons (Fsp3) is 0.304. The minimum Gasteiger partial charge on any atom is -0.347 e. The molecular weight excluding hydrogens is 378 g/mol. The van der Waals surface area contributed by atoms with E-state index in [1.165, 1.54) is 4.80 Å². The highest BCUT2D eigenvalue weighted by Crippen LogP contribution is 2.30. The second-order valence-corrected chi connectivity index (χ2v) is 7.86. The summed E-state index contributed by atoms with van der Waals surface area (Å²) in [5.41, 5.74) is 5.57. The van der Waals surface area contributed by atoms with Crippen molar-refractivity contribution in [3.8, 4) is 5.69 Å². The molecule has 0 aliphatic heterocycles. The van der Waals surface area contributed by atoms with E-state index in [4.69, 9.17) is 0 Å². The summed E-state index contributed by atoms with van der Waals surface area (Å²) in [6, 6.07) is 13.5. The van der Waals surface area contributed by atoms with Crippen molar-refractivity contribution >= 4 is 17.5 Å². The van der Waals surface area contributed by atoms with E-state index in [1.54, 1.807) is 6.92 Å². The van der Waals surface area contributed by atoms with Crippen molar-refractivity contribution in [2.75, 3.05) is 5.32 Å². The molecule has 0 atom stereocenters. The predicted octanol–water partition coefficient (Wildman–Crippen LogP) is 3.47. The molecular formula is C23H25N5O2. The second-order valence-electron chi connectivity index (χ2n) is 7.86. The van der Waals surface area contributed by atoms with Crippen molar-refractivity contribution in [3.05, 3.63) is 70.5 Å². The number of amides is 2. The van der Waals surface area contributed by atoms with Gasteiger partial charge in [-0.05, 0) is 62.9 Å². The van der Waals surface area contributed by atoms with E-state index in [2.05, 4.69) is 26.9 Å². The van der Waals surface area contributed by atoms with Gasteiger partial charge in [0.1, 0.15) is 0 Å². The lowest BCUT2D eigenvalue weighted by atomic mass is 10.1. The number of carbonyl (C=O) groups excluding carboxylic acids is 2. The molecule has 0 radical (unpaired) electrons. The van der Waals surface area contributed by atoms with E-state index in [-0.39, 0.29) is 17.7 Å². The fourth-order valence-corrected chi connectivity index (χ4v) is 3.34. The molecule has 2 N–H and O–H groups in total. The summed E-state index contributed by atoms with van der Waals surface area (Å²) in [5.74, 6) is -0.0677. The summed E-state index contributed by atoms with van der Waals surface area (Å²) in [6.07, 6.45) is 1.92.